The Kier molecular flexibility index (Phi) is 7.14. The van der Waals surface area contributed by atoms with Crippen LogP contribution in [-0.4, -0.2) is 25.5 Å². The van der Waals surface area contributed by atoms with Gasteiger partial charge < -0.3 is 16.0 Å². The normalized spacial score (nSPS) is 11.2. The van der Waals surface area contributed by atoms with Crippen molar-refractivity contribution in [3.8, 4) is 0 Å². The molecule has 0 unspecified atom stereocenters. The molecule has 26 heavy (non-hydrogen) atoms. The molecule has 0 aromatic heterocycles. The number of carbonyl (C=O) groups excluding carboxylic acids is 1. The van der Waals surface area contributed by atoms with Gasteiger partial charge in [0.1, 0.15) is 5.82 Å². The van der Waals surface area contributed by atoms with E-state index in [4.69, 9.17) is 0 Å². The molecule has 3 N–H and O–H groups in total. The number of anilines is 1. The molecule has 5 nitrogen and oxygen atoms in total. The molecule has 0 spiro atoms. The van der Waals surface area contributed by atoms with Crippen molar-refractivity contribution in [2.24, 2.45) is 4.99 Å². The van der Waals surface area contributed by atoms with E-state index in [9.17, 15) is 9.18 Å². The van der Waals surface area contributed by atoms with Crippen LogP contribution in [0.25, 0.3) is 0 Å². The zero-order chi connectivity index (χ0) is 18.9. The van der Waals surface area contributed by atoms with Crippen molar-refractivity contribution in [3.05, 3.63) is 65.0 Å². The number of aliphatic imine (C=N–C) groups is 1. The average molecular weight is 356 g/mol. The Labute approximate surface area is 153 Å². The molecule has 0 heterocycles. The predicted octanol–water partition coefficient (Wildman–Crippen LogP) is 3.00. The number of carbonyl (C=O) groups is 1. The van der Waals surface area contributed by atoms with Crippen LogP contribution in [0.2, 0.25) is 0 Å². The molecule has 0 saturated carbocycles. The van der Waals surface area contributed by atoms with Crippen molar-refractivity contribution < 1.29 is 9.18 Å². The van der Waals surface area contributed by atoms with Crippen LogP contribution in [-0.2, 0) is 17.8 Å². The minimum atomic E-state index is -0.235. The smallest absolute Gasteiger partial charge is 0.243 e. The quantitative estimate of drug-likeness (QED) is 0.551. The van der Waals surface area contributed by atoms with E-state index in [0.29, 0.717) is 18.1 Å². The Balaban J connectivity index is 1.82. The summed E-state index contributed by atoms with van der Waals surface area (Å²) in [7, 11) is 1.62. The van der Waals surface area contributed by atoms with E-state index in [2.05, 4.69) is 27.9 Å². The minimum Gasteiger partial charge on any atom is -0.352 e. The highest BCUT2D eigenvalue weighted by molar-refractivity contribution is 5.95. The third kappa shape index (κ3) is 5.88. The summed E-state index contributed by atoms with van der Waals surface area (Å²) >= 11 is 0. The molecule has 0 bridgehead atoms. The summed E-state index contributed by atoms with van der Waals surface area (Å²) in [6.45, 7) is 4.29. The van der Waals surface area contributed by atoms with Gasteiger partial charge in [-0.15, -0.1) is 0 Å². The molecule has 0 aliphatic rings. The van der Waals surface area contributed by atoms with Gasteiger partial charge in [-0.1, -0.05) is 31.2 Å². The fourth-order valence-corrected chi connectivity index (χ4v) is 2.39. The largest absolute Gasteiger partial charge is 0.352 e. The van der Waals surface area contributed by atoms with E-state index in [1.54, 1.807) is 20.0 Å². The Morgan fingerprint density at radius 1 is 1.12 bits per heavy atom. The fraction of sp³-hybridized carbons (Fsp3) is 0.300. The maximum atomic E-state index is 13.6. The molecule has 1 amide bonds. The monoisotopic (exact) mass is 356 g/mol. The van der Waals surface area contributed by atoms with Gasteiger partial charge in [-0.05, 0) is 48.2 Å². The summed E-state index contributed by atoms with van der Waals surface area (Å²) in [4.78, 5) is 16.2. The third-order valence-corrected chi connectivity index (χ3v) is 3.96. The van der Waals surface area contributed by atoms with E-state index in [0.717, 1.165) is 17.7 Å². The van der Waals surface area contributed by atoms with Crippen molar-refractivity contribution in [1.29, 1.82) is 0 Å². The summed E-state index contributed by atoms with van der Waals surface area (Å²) in [5.41, 5.74) is 3.35. The van der Waals surface area contributed by atoms with Gasteiger partial charge in [0, 0.05) is 19.3 Å². The van der Waals surface area contributed by atoms with Crippen molar-refractivity contribution in [2.45, 2.75) is 26.8 Å². The highest BCUT2D eigenvalue weighted by Crippen LogP contribution is 2.11. The van der Waals surface area contributed by atoms with Crippen molar-refractivity contribution >= 4 is 17.6 Å². The van der Waals surface area contributed by atoms with E-state index in [1.807, 2.05) is 30.3 Å². The second-order valence-corrected chi connectivity index (χ2v) is 5.96. The van der Waals surface area contributed by atoms with Gasteiger partial charge in [0.15, 0.2) is 5.96 Å². The lowest BCUT2D eigenvalue weighted by Gasteiger charge is -2.12. The molecule has 0 saturated heterocycles. The first-order chi connectivity index (χ1) is 12.5. The number of rotatable bonds is 6. The van der Waals surface area contributed by atoms with Crippen LogP contribution in [0, 0.1) is 12.7 Å². The summed E-state index contributed by atoms with van der Waals surface area (Å²) in [5.74, 6) is 0.0759. The van der Waals surface area contributed by atoms with Gasteiger partial charge in [-0.3, -0.25) is 9.79 Å². The number of amides is 1. The van der Waals surface area contributed by atoms with Crippen LogP contribution < -0.4 is 16.0 Å². The van der Waals surface area contributed by atoms with Gasteiger partial charge in [0.25, 0.3) is 0 Å². The van der Waals surface area contributed by atoms with E-state index in [1.165, 1.54) is 11.6 Å². The van der Waals surface area contributed by atoms with Crippen molar-refractivity contribution in [1.82, 2.24) is 10.6 Å². The number of halogens is 1. The number of nitrogens with zero attached hydrogens (tertiary/aromatic N) is 1. The van der Waals surface area contributed by atoms with E-state index >= 15 is 0 Å². The zero-order valence-corrected chi connectivity index (χ0v) is 15.4. The first kappa shape index (κ1) is 19.4. The molecule has 2 aromatic rings. The maximum absolute atomic E-state index is 13.6. The topological polar surface area (TPSA) is 65.5 Å². The summed E-state index contributed by atoms with van der Waals surface area (Å²) in [6.07, 6.45) is 0.915. The molecular weight excluding hydrogens is 331 g/mol. The molecule has 2 aromatic carbocycles. The molecule has 0 fully saturated rings. The second-order valence-electron chi connectivity index (χ2n) is 5.96. The number of hydrogen-bond donors (Lipinski definition) is 3. The highest BCUT2D eigenvalue weighted by atomic mass is 19.1. The number of guanidine groups is 1. The zero-order valence-electron chi connectivity index (χ0n) is 15.4. The van der Waals surface area contributed by atoms with Gasteiger partial charge >= 0.3 is 0 Å². The first-order valence-corrected chi connectivity index (χ1v) is 8.60. The molecule has 138 valence electrons. The summed E-state index contributed by atoms with van der Waals surface area (Å²) in [6, 6.07) is 12.8. The maximum Gasteiger partial charge on any atom is 0.243 e. The molecule has 0 aliphatic heterocycles. The van der Waals surface area contributed by atoms with Crippen LogP contribution >= 0.6 is 0 Å². The number of aryl methyl sites for hydroxylation is 2. The molecule has 0 radical (unpaired) electrons. The lowest BCUT2D eigenvalue weighted by Crippen LogP contribution is -2.41. The number of nitrogens with one attached hydrogen (secondary N) is 3. The molecular formula is C20H25FN4O. The molecule has 0 aliphatic carbocycles. The number of hydrogen-bond acceptors (Lipinski definition) is 2. The van der Waals surface area contributed by atoms with E-state index in [-0.39, 0.29) is 18.3 Å². The Morgan fingerprint density at radius 2 is 1.92 bits per heavy atom. The lowest BCUT2D eigenvalue weighted by atomic mass is 10.1. The van der Waals surface area contributed by atoms with Gasteiger partial charge in [0.05, 0.1) is 6.54 Å². The van der Waals surface area contributed by atoms with Crippen LogP contribution in [0.4, 0.5) is 10.1 Å². The number of benzene rings is 2. The molecule has 2 rings (SSSR count). The SMILES string of the molecule is CCc1cccc(NC(=O)CNC(=NC)NCc2ccc(C)c(F)c2)c1. The van der Waals surface area contributed by atoms with Crippen LogP contribution in [0.5, 0.6) is 0 Å². The summed E-state index contributed by atoms with van der Waals surface area (Å²) in [5, 5.41) is 8.86. The van der Waals surface area contributed by atoms with Crippen LogP contribution in [0.15, 0.2) is 47.5 Å². The second kappa shape index (κ2) is 9.56. The first-order valence-electron chi connectivity index (χ1n) is 8.60. The fourth-order valence-electron chi connectivity index (χ4n) is 2.39. The third-order valence-electron chi connectivity index (χ3n) is 3.96. The summed E-state index contributed by atoms with van der Waals surface area (Å²) < 4.78 is 13.6. The highest BCUT2D eigenvalue weighted by Gasteiger charge is 2.06. The van der Waals surface area contributed by atoms with Crippen LogP contribution in [0.1, 0.15) is 23.6 Å². The van der Waals surface area contributed by atoms with Gasteiger partial charge in [-0.25, -0.2) is 4.39 Å². The van der Waals surface area contributed by atoms with E-state index < -0.39 is 0 Å². The van der Waals surface area contributed by atoms with Gasteiger partial charge in [-0.2, -0.15) is 0 Å². The molecule has 0 atom stereocenters. The lowest BCUT2D eigenvalue weighted by molar-refractivity contribution is -0.115. The van der Waals surface area contributed by atoms with Crippen LogP contribution in [0.3, 0.4) is 0 Å². The Hall–Kier alpha value is -2.89. The predicted molar refractivity (Wildman–Crippen MR) is 104 cm³/mol. The standard InChI is InChI=1S/C20H25FN4O/c1-4-15-6-5-7-17(10-15)25-19(26)13-24-20(22-3)23-12-16-9-8-14(2)18(21)11-16/h5-11H,4,12-13H2,1-3H3,(H,25,26)(H2,22,23,24). The Bertz CT molecular complexity index is 789. The molecule has 6 heteroatoms. The van der Waals surface area contributed by atoms with Gasteiger partial charge in [0.2, 0.25) is 5.91 Å². The van der Waals surface area contributed by atoms with Crippen molar-refractivity contribution in [2.75, 3.05) is 18.9 Å². The average Bonchev–Trinajstić information content (AvgIpc) is 2.64. The minimum absolute atomic E-state index is 0.0816. The Morgan fingerprint density at radius 3 is 2.62 bits per heavy atom. The van der Waals surface area contributed by atoms with Crippen molar-refractivity contribution in [3.63, 3.8) is 0 Å².